The van der Waals surface area contributed by atoms with Crippen molar-refractivity contribution in [2.24, 2.45) is 5.73 Å². The SMILES string of the molecule is NC(=O)N(S)c1cccc(OCCCCCOc2ccccc2-c2ccc(C(F)(F)F)cc2)c1. The molecule has 0 bridgehead atoms. The second-order valence-electron chi connectivity index (χ2n) is 7.48. The first kappa shape index (κ1) is 25.3. The Labute approximate surface area is 201 Å². The summed E-state index contributed by atoms with van der Waals surface area (Å²) in [6.45, 7) is 0.967. The first-order valence-electron chi connectivity index (χ1n) is 10.7. The molecule has 5 nitrogen and oxygen atoms in total. The van der Waals surface area contributed by atoms with Crippen LogP contribution in [0.1, 0.15) is 24.8 Å². The van der Waals surface area contributed by atoms with Crippen molar-refractivity contribution in [3.8, 4) is 22.6 Å². The molecule has 0 spiro atoms. The molecule has 34 heavy (non-hydrogen) atoms. The van der Waals surface area contributed by atoms with Gasteiger partial charge in [0.2, 0.25) is 0 Å². The third-order valence-corrected chi connectivity index (χ3v) is 5.42. The number of nitrogens with two attached hydrogens (primary N) is 1. The van der Waals surface area contributed by atoms with Crippen LogP contribution in [-0.4, -0.2) is 19.2 Å². The Kier molecular flexibility index (Phi) is 8.70. The van der Waals surface area contributed by atoms with Crippen LogP contribution in [0.3, 0.4) is 0 Å². The number of urea groups is 1. The van der Waals surface area contributed by atoms with Crippen LogP contribution in [0.5, 0.6) is 11.5 Å². The van der Waals surface area contributed by atoms with Crippen LogP contribution in [0.15, 0.2) is 72.8 Å². The van der Waals surface area contributed by atoms with Crippen molar-refractivity contribution in [3.05, 3.63) is 78.4 Å². The Bertz CT molecular complexity index is 1090. The maximum absolute atomic E-state index is 12.8. The molecule has 0 unspecified atom stereocenters. The van der Waals surface area contributed by atoms with Crippen molar-refractivity contribution in [1.29, 1.82) is 0 Å². The number of thiol groups is 1. The highest BCUT2D eigenvalue weighted by Crippen LogP contribution is 2.34. The van der Waals surface area contributed by atoms with Gasteiger partial charge >= 0.3 is 12.2 Å². The number of carbonyl (C=O) groups excluding carboxylic acids is 1. The second kappa shape index (κ2) is 11.7. The number of alkyl halides is 3. The standard InChI is InChI=1S/C25H25F3N2O3S/c26-25(27,28)19-13-11-18(12-14-19)22-9-2-3-10-23(22)33-16-5-1-4-15-32-21-8-6-7-20(17-21)30(34)24(29)31/h2-3,6-14,17,34H,1,4-5,15-16H2,(H2,29,31). The summed E-state index contributed by atoms with van der Waals surface area (Å²) in [6.07, 6.45) is -1.91. The second-order valence-corrected chi connectivity index (χ2v) is 7.88. The fourth-order valence-electron chi connectivity index (χ4n) is 3.26. The highest BCUT2D eigenvalue weighted by molar-refractivity contribution is 7.82. The minimum atomic E-state index is -4.36. The molecule has 0 radical (unpaired) electrons. The molecule has 3 aromatic carbocycles. The third-order valence-electron chi connectivity index (χ3n) is 5.00. The van der Waals surface area contributed by atoms with Crippen molar-refractivity contribution in [2.45, 2.75) is 25.4 Å². The number of primary amides is 1. The quantitative estimate of drug-likeness (QED) is 0.245. The van der Waals surface area contributed by atoms with E-state index in [-0.39, 0.29) is 0 Å². The smallest absolute Gasteiger partial charge is 0.416 e. The van der Waals surface area contributed by atoms with E-state index in [9.17, 15) is 18.0 Å². The molecule has 0 saturated heterocycles. The molecule has 0 fully saturated rings. The molecule has 0 heterocycles. The molecule has 0 aliphatic carbocycles. The first-order valence-corrected chi connectivity index (χ1v) is 11.1. The molecule has 2 N–H and O–H groups in total. The summed E-state index contributed by atoms with van der Waals surface area (Å²) in [4.78, 5) is 11.2. The van der Waals surface area contributed by atoms with Crippen LogP contribution in [-0.2, 0) is 6.18 Å². The van der Waals surface area contributed by atoms with Crippen LogP contribution < -0.4 is 19.5 Å². The molecule has 3 aromatic rings. The summed E-state index contributed by atoms with van der Waals surface area (Å²) in [5, 5.41) is 0. The molecular weight excluding hydrogens is 465 g/mol. The summed E-state index contributed by atoms with van der Waals surface area (Å²) in [7, 11) is 0. The molecule has 0 saturated carbocycles. The highest BCUT2D eigenvalue weighted by atomic mass is 32.1. The number of para-hydroxylation sites is 1. The van der Waals surface area contributed by atoms with E-state index in [0.717, 1.165) is 41.3 Å². The van der Waals surface area contributed by atoms with E-state index in [4.69, 9.17) is 15.2 Å². The number of carbonyl (C=O) groups is 1. The fraction of sp³-hybridized carbons (Fsp3) is 0.240. The number of anilines is 1. The Morgan fingerprint density at radius 1 is 0.882 bits per heavy atom. The monoisotopic (exact) mass is 490 g/mol. The van der Waals surface area contributed by atoms with Crippen LogP contribution in [0.25, 0.3) is 11.1 Å². The molecule has 0 aliphatic rings. The van der Waals surface area contributed by atoms with Gasteiger partial charge in [-0.3, -0.25) is 0 Å². The van der Waals surface area contributed by atoms with Crippen molar-refractivity contribution in [1.82, 2.24) is 0 Å². The van der Waals surface area contributed by atoms with E-state index in [1.165, 1.54) is 12.1 Å². The van der Waals surface area contributed by atoms with Gasteiger partial charge in [0.05, 0.1) is 24.5 Å². The molecule has 0 aliphatic heterocycles. The summed E-state index contributed by atoms with van der Waals surface area (Å²) in [6, 6.07) is 18.6. The number of nitrogens with zero attached hydrogens (tertiary/aromatic N) is 1. The molecule has 3 rings (SSSR count). The Morgan fingerprint density at radius 3 is 2.24 bits per heavy atom. The van der Waals surface area contributed by atoms with Crippen molar-refractivity contribution >= 4 is 24.5 Å². The van der Waals surface area contributed by atoms with E-state index < -0.39 is 17.8 Å². The number of amides is 2. The minimum absolute atomic E-state index is 0.473. The van der Waals surface area contributed by atoms with Gasteiger partial charge < -0.3 is 15.2 Å². The van der Waals surface area contributed by atoms with Gasteiger partial charge in [-0.05, 0) is 55.2 Å². The fourth-order valence-corrected chi connectivity index (χ4v) is 3.38. The summed E-state index contributed by atoms with van der Waals surface area (Å²) >= 11 is 4.03. The van der Waals surface area contributed by atoms with E-state index in [2.05, 4.69) is 12.8 Å². The third kappa shape index (κ3) is 7.08. The van der Waals surface area contributed by atoms with E-state index in [0.29, 0.717) is 36.0 Å². The highest BCUT2D eigenvalue weighted by Gasteiger charge is 2.30. The maximum atomic E-state index is 12.8. The number of benzene rings is 3. The largest absolute Gasteiger partial charge is 0.494 e. The van der Waals surface area contributed by atoms with Gasteiger partial charge in [0, 0.05) is 11.6 Å². The lowest BCUT2D eigenvalue weighted by Gasteiger charge is -2.14. The maximum Gasteiger partial charge on any atom is 0.416 e. The zero-order valence-corrected chi connectivity index (χ0v) is 19.2. The van der Waals surface area contributed by atoms with Gasteiger partial charge in [-0.15, -0.1) is 0 Å². The normalized spacial score (nSPS) is 11.2. The number of rotatable bonds is 10. The number of halogens is 3. The molecule has 9 heteroatoms. The zero-order valence-electron chi connectivity index (χ0n) is 18.3. The van der Waals surface area contributed by atoms with E-state index in [1.54, 1.807) is 30.3 Å². The van der Waals surface area contributed by atoms with Crippen LogP contribution in [0.4, 0.5) is 23.7 Å². The first-order chi connectivity index (χ1) is 16.3. The summed E-state index contributed by atoms with van der Waals surface area (Å²) < 4.78 is 51.1. The molecule has 2 amide bonds. The van der Waals surface area contributed by atoms with Gasteiger partial charge in [0.15, 0.2) is 0 Å². The summed E-state index contributed by atoms with van der Waals surface area (Å²) in [5.41, 5.74) is 6.46. The number of ether oxygens (including phenoxy) is 2. The van der Waals surface area contributed by atoms with E-state index >= 15 is 0 Å². The van der Waals surface area contributed by atoms with E-state index in [1.807, 2.05) is 18.2 Å². The van der Waals surface area contributed by atoms with Crippen LogP contribution >= 0.6 is 12.8 Å². The van der Waals surface area contributed by atoms with Gasteiger partial charge in [0.1, 0.15) is 11.5 Å². The lowest BCUT2D eigenvalue weighted by molar-refractivity contribution is -0.137. The molecule has 180 valence electrons. The lowest BCUT2D eigenvalue weighted by Crippen LogP contribution is -2.27. The average Bonchev–Trinajstić information content (AvgIpc) is 2.83. The predicted molar refractivity (Wildman–Crippen MR) is 129 cm³/mol. The lowest BCUT2D eigenvalue weighted by atomic mass is 10.0. The number of unbranched alkanes of at least 4 members (excludes halogenated alkanes) is 2. The minimum Gasteiger partial charge on any atom is -0.494 e. The Balaban J connectivity index is 1.44. The zero-order chi connectivity index (χ0) is 24.6. The topological polar surface area (TPSA) is 64.8 Å². The van der Waals surface area contributed by atoms with Crippen LogP contribution in [0.2, 0.25) is 0 Å². The van der Waals surface area contributed by atoms with Gasteiger partial charge in [-0.25, -0.2) is 9.10 Å². The Morgan fingerprint density at radius 2 is 1.56 bits per heavy atom. The van der Waals surface area contributed by atoms with Gasteiger partial charge in [-0.2, -0.15) is 13.2 Å². The number of hydrogen-bond donors (Lipinski definition) is 2. The van der Waals surface area contributed by atoms with Crippen molar-refractivity contribution < 1.29 is 27.4 Å². The summed E-state index contributed by atoms with van der Waals surface area (Å²) in [5.74, 6) is 1.24. The van der Waals surface area contributed by atoms with Crippen LogP contribution in [0, 0.1) is 0 Å². The average molecular weight is 491 g/mol. The van der Waals surface area contributed by atoms with Gasteiger partial charge in [-0.1, -0.05) is 49.2 Å². The number of hydrogen-bond acceptors (Lipinski definition) is 4. The molecular formula is C25H25F3N2O3S. The van der Waals surface area contributed by atoms with Gasteiger partial charge in [0.25, 0.3) is 0 Å². The van der Waals surface area contributed by atoms with Crippen molar-refractivity contribution in [2.75, 3.05) is 17.5 Å². The van der Waals surface area contributed by atoms with Crippen molar-refractivity contribution in [3.63, 3.8) is 0 Å². The Hall–Kier alpha value is -3.33. The molecule has 0 aromatic heterocycles. The molecule has 0 atom stereocenters. The predicted octanol–water partition coefficient (Wildman–Crippen LogP) is 6.73.